The SMILES string of the molecule is CC(CNC(C)C1CCN(C)CC1)CN(C)C(=O)OC(C)(C)C. The second-order valence-corrected chi connectivity index (χ2v) is 8.30. The second-order valence-electron chi connectivity index (χ2n) is 8.30. The summed E-state index contributed by atoms with van der Waals surface area (Å²) in [6.07, 6.45) is 2.31. The molecule has 1 aliphatic rings. The molecule has 0 aromatic carbocycles. The number of amides is 1. The fourth-order valence-electron chi connectivity index (χ4n) is 3.03. The van der Waals surface area contributed by atoms with E-state index in [-0.39, 0.29) is 6.09 Å². The van der Waals surface area contributed by atoms with E-state index in [0.717, 1.165) is 12.5 Å². The predicted molar refractivity (Wildman–Crippen MR) is 95.7 cm³/mol. The highest BCUT2D eigenvalue weighted by Crippen LogP contribution is 2.19. The molecule has 0 bridgehead atoms. The van der Waals surface area contributed by atoms with Gasteiger partial charge in [-0.2, -0.15) is 0 Å². The highest BCUT2D eigenvalue weighted by Gasteiger charge is 2.23. The standard InChI is InChI=1S/C18H37N3O2/c1-14(13-21(7)17(22)23-18(3,4)5)12-19-15(2)16-8-10-20(6)11-9-16/h14-16,19H,8-13H2,1-7H3. The van der Waals surface area contributed by atoms with E-state index in [1.165, 1.54) is 25.9 Å². The smallest absolute Gasteiger partial charge is 0.410 e. The summed E-state index contributed by atoms with van der Waals surface area (Å²) < 4.78 is 5.39. The van der Waals surface area contributed by atoms with E-state index >= 15 is 0 Å². The van der Waals surface area contributed by atoms with E-state index in [2.05, 4.69) is 31.1 Å². The molecule has 0 saturated carbocycles. The second kappa shape index (κ2) is 8.88. The Morgan fingerprint density at radius 2 is 1.87 bits per heavy atom. The van der Waals surface area contributed by atoms with Gasteiger partial charge in [-0.3, -0.25) is 0 Å². The van der Waals surface area contributed by atoms with Gasteiger partial charge >= 0.3 is 6.09 Å². The number of nitrogens with one attached hydrogen (secondary N) is 1. The number of piperidine rings is 1. The molecule has 23 heavy (non-hydrogen) atoms. The number of hydrogen-bond acceptors (Lipinski definition) is 4. The van der Waals surface area contributed by atoms with E-state index < -0.39 is 5.60 Å². The number of hydrogen-bond donors (Lipinski definition) is 1. The number of likely N-dealkylation sites (tertiary alicyclic amines) is 1. The van der Waals surface area contributed by atoms with Gasteiger partial charge in [-0.25, -0.2) is 4.79 Å². The van der Waals surface area contributed by atoms with Crippen LogP contribution in [0.2, 0.25) is 0 Å². The van der Waals surface area contributed by atoms with Crippen LogP contribution in [0.15, 0.2) is 0 Å². The molecule has 1 saturated heterocycles. The summed E-state index contributed by atoms with van der Waals surface area (Å²) in [5, 5.41) is 3.66. The summed E-state index contributed by atoms with van der Waals surface area (Å²) in [5.41, 5.74) is -0.435. The molecule has 1 heterocycles. The number of ether oxygens (including phenoxy) is 1. The van der Waals surface area contributed by atoms with Crippen molar-refractivity contribution in [3.63, 3.8) is 0 Å². The maximum atomic E-state index is 12.0. The van der Waals surface area contributed by atoms with Crippen LogP contribution < -0.4 is 5.32 Å². The van der Waals surface area contributed by atoms with E-state index in [1.807, 2.05) is 27.8 Å². The molecule has 1 fully saturated rings. The highest BCUT2D eigenvalue weighted by molar-refractivity contribution is 5.67. The van der Waals surface area contributed by atoms with Crippen LogP contribution in [0.1, 0.15) is 47.5 Å². The van der Waals surface area contributed by atoms with Crippen molar-refractivity contribution in [3.05, 3.63) is 0 Å². The maximum Gasteiger partial charge on any atom is 0.410 e. The van der Waals surface area contributed by atoms with Gasteiger partial charge in [0.1, 0.15) is 5.60 Å². The molecule has 0 spiro atoms. The lowest BCUT2D eigenvalue weighted by atomic mass is 9.90. The van der Waals surface area contributed by atoms with Gasteiger partial charge in [0.15, 0.2) is 0 Å². The molecule has 2 atom stereocenters. The molecular weight excluding hydrogens is 290 g/mol. The van der Waals surface area contributed by atoms with Gasteiger partial charge in [0.25, 0.3) is 0 Å². The quantitative estimate of drug-likeness (QED) is 0.815. The minimum atomic E-state index is -0.435. The van der Waals surface area contributed by atoms with Crippen molar-refractivity contribution in [2.24, 2.45) is 11.8 Å². The zero-order chi connectivity index (χ0) is 17.6. The van der Waals surface area contributed by atoms with E-state index in [4.69, 9.17) is 4.74 Å². The molecule has 5 heteroatoms. The van der Waals surface area contributed by atoms with E-state index in [0.29, 0.717) is 18.5 Å². The Kier molecular flexibility index (Phi) is 7.81. The van der Waals surface area contributed by atoms with Crippen molar-refractivity contribution in [2.75, 3.05) is 40.3 Å². The molecule has 1 aliphatic heterocycles. The normalized spacial score (nSPS) is 20.1. The van der Waals surface area contributed by atoms with Crippen LogP contribution in [-0.2, 0) is 4.74 Å². The van der Waals surface area contributed by atoms with Gasteiger partial charge in [0.2, 0.25) is 0 Å². The van der Waals surface area contributed by atoms with Crippen molar-refractivity contribution in [2.45, 2.75) is 59.1 Å². The van der Waals surface area contributed by atoms with Crippen molar-refractivity contribution in [1.29, 1.82) is 0 Å². The first-order valence-corrected chi connectivity index (χ1v) is 8.94. The Labute approximate surface area is 142 Å². The van der Waals surface area contributed by atoms with Crippen LogP contribution in [0.4, 0.5) is 4.79 Å². The van der Waals surface area contributed by atoms with E-state index in [9.17, 15) is 4.79 Å². The molecular formula is C18H37N3O2. The lowest BCUT2D eigenvalue weighted by molar-refractivity contribution is 0.0276. The van der Waals surface area contributed by atoms with Crippen molar-refractivity contribution < 1.29 is 9.53 Å². The average Bonchev–Trinajstić information content (AvgIpc) is 2.43. The molecule has 1 N–H and O–H groups in total. The summed E-state index contributed by atoms with van der Waals surface area (Å²) in [5.74, 6) is 1.17. The van der Waals surface area contributed by atoms with Crippen LogP contribution in [0.3, 0.4) is 0 Å². The number of carbonyl (C=O) groups excluding carboxylic acids is 1. The summed E-state index contributed by atoms with van der Waals surface area (Å²) in [7, 11) is 4.01. The van der Waals surface area contributed by atoms with Gasteiger partial charge in [0, 0.05) is 19.6 Å². The summed E-state index contributed by atoms with van der Waals surface area (Å²) in [6, 6.07) is 0.540. The minimum Gasteiger partial charge on any atom is -0.444 e. The summed E-state index contributed by atoms with van der Waals surface area (Å²) in [6.45, 7) is 14.2. The molecule has 0 aromatic heterocycles. The van der Waals surface area contributed by atoms with Gasteiger partial charge < -0.3 is 19.9 Å². The first-order chi connectivity index (χ1) is 10.6. The maximum absolute atomic E-state index is 12.0. The van der Waals surface area contributed by atoms with Gasteiger partial charge in [-0.1, -0.05) is 6.92 Å². The topological polar surface area (TPSA) is 44.8 Å². The molecule has 0 aliphatic carbocycles. The molecule has 0 aromatic rings. The molecule has 1 amide bonds. The number of nitrogens with zero attached hydrogens (tertiary/aromatic N) is 2. The molecule has 5 nitrogen and oxygen atoms in total. The highest BCUT2D eigenvalue weighted by atomic mass is 16.6. The summed E-state index contributed by atoms with van der Waals surface area (Å²) >= 11 is 0. The van der Waals surface area contributed by atoms with Crippen molar-refractivity contribution in [3.8, 4) is 0 Å². The third-order valence-electron chi connectivity index (χ3n) is 4.55. The fraction of sp³-hybridized carbons (Fsp3) is 0.944. The third-order valence-corrected chi connectivity index (χ3v) is 4.55. The minimum absolute atomic E-state index is 0.243. The molecule has 136 valence electrons. The molecule has 2 unspecified atom stereocenters. The zero-order valence-corrected chi connectivity index (χ0v) is 16.2. The first-order valence-electron chi connectivity index (χ1n) is 8.94. The fourth-order valence-corrected chi connectivity index (χ4v) is 3.03. The lowest BCUT2D eigenvalue weighted by Crippen LogP contribution is -2.43. The van der Waals surface area contributed by atoms with Gasteiger partial charge in [0.05, 0.1) is 0 Å². The van der Waals surface area contributed by atoms with Crippen LogP contribution in [0.5, 0.6) is 0 Å². The van der Waals surface area contributed by atoms with E-state index in [1.54, 1.807) is 4.90 Å². The van der Waals surface area contributed by atoms with Crippen molar-refractivity contribution in [1.82, 2.24) is 15.1 Å². The summed E-state index contributed by atoms with van der Waals surface area (Å²) in [4.78, 5) is 16.1. The Morgan fingerprint density at radius 3 is 2.39 bits per heavy atom. The van der Waals surface area contributed by atoms with Gasteiger partial charge in [-0.15, -0.1) is 0 Å². The monoisotopic (exact) mass is 327 g/mol. The Balaban J connectivity index is 2.27. The average molecular weight is 328 g/mol. The number of rotatable bonds is 6. The van der Waals surface area contributed by atoms with Crippen LogP contribution in [0, 0.1) is 11.8 Å². The lowest BCUT2D eigenvalue weighted by Gasteiger charge is -2.34. The first kappa shape index (κ1) is 20.2. The third kappa shape index (κ3) is 8.02. The van der Waals surface area contributed by atoms with Gasteiger partial charge in [-0.05, 0) is 79.1 Å². The molecule has 0 radical (unpaired) electrons. The molecule has 1 rings (SSSR count). The Hall–Kier alpha value is -0.810. The zero-order valence-electron chi connectivity index (χ0n) is 16.2. The van der Waals surface area contributed by atoms with Crippen molar-refractivity contribution >= 4 is 6.09 Å². The Bertz CT molecular complexity index is 360. The van der Waals surface area contributed by atoms with Crippen LogP contribution >= 0.6 is 0 Å². The Morgan fingerprint density at radius 1 is 1.30 bits per heavy atom. The number of carbonyl (C=O) groups is 1. The van der Waals surface area contributed by atoms with Crippen LogP contribution in [-0.4, -0.2) is 67.8 Å². The predicted octanol–water partition coefficient (Wildman–Crippen LogP) is 2.81. The largest absolute Gasteiger partial charge is 0.444 e. The van der Waals surface area contributed by atoms with Crippen LogP contribution in [0.25, 0.3) is 0 Å².